The first-order valence-electron chi connectivity index (χ1n) is 6.58. The number of hydrogen-bond donors (Lipinski definition) is 1. The number of nitrogens with zero attached hydrogens (tertiary/aromatic N) is 1. The van der Waals surface area contributed by atoms with Gasteiger partial charge in [-0.2, -0.15) is 5.26 Å². The summed E-state index contributed by atoms with van der Waals surface area (Å²) in [6, 6.07) is 8.53. The fraction of sp³-hybridized carbons (Fsp3) is 0.533. The third kappa shape index (κ3) is 2.59. The SMILES string of the molecule is CCOc1ccc(NCC2(C#N)CCC2)cc1C. The van der Waals surface area contributed by atoms with Crippen molar-refractivity contribution >= 4 is 5.69 Å². The maximum Gasteiger partial charge on any atom is 0.122 e. The second-order valence-corrected chi connectivity index (χ2v) is 5.01. The van der Waals surface area contributed by atoms with Gasteiger partial charge in [0.05, 0.1) is 18.1 Å². The molecule has 1 aromatic carbocycles. The molecule has 1 aromatic rings. The first-order chi connectivity index (χ1) is 8.69. The molecule has 1 fully saturated rings. The minimum atomic E-state index is -0.132. The molecular formula is C15H20N2O. The van der Waals surface area contributed by atoms with Crippen molar-refractivity contribution in [1.29, 1.82) is 5.26 Å². The van der Waals surface area contributed by atoms with E-state index in [4.69, 9.17) is 4.74 Å². The van der Waals surface area contributed by atoms with Crippen LogP contribution in [0.5, 0.6) is 5.75 Å². The lowest BCUT2D eigenvalue weighted by Gasteiger charge is -2.35. The summed E-state index contributed by atoms with van der Waals surface area (Å²) in [6.07, 6.45) is 3.22. The molecule has 0 atom stereocenters. The molecule has 0 spiro atoms. The second-order valence-electron chi connectivity index (χ2n) is 5.01. The molecule has 0 unspecified atom stereocenters. The van der Waals surface area contributed by atoms with Gasteiger partial charge in [0.25, 0.3) is 0 Å². The zero-order valence-electron chi connectivity index (χ0n) is 11.1. The van der Waals surface area contributed by atoms with E-state index in [2.05, 4.69) is 17.5 Å². The summed E-state index contributed by atoms with van der Waals surface area (Å²) in [7, 11) is 0. The molecule has 1 saturated carbocycles. The van der Waals surface area contributed by atoms with Crippen LogP contribution in [0.1, 0.15) is 31.7 Å². The van der Waals surface area contributed by atoms with Gasteiger partial charge in [0, 0.05) is 12.2 Å². The van der Waals surface area contributed by atoms with Crippen LogP contribution < -0.4 is 10.1 Å². The van der Waals surface area contributed by atoms with Crippen molar-refractivity contribution in [3.05, 3.63) is 23.8 Å². The summed E-state index contributed by atoms with van der Waals surface area (Å²) in [5.74, 6) is 0.932. The Balaban J connectivity index is 1.98. The normalized spacial score (nSPS) is 16.5. The van der Waals surface area contributed by atoms with Crippen LogP contribution in [0.15, 0.2) is 18.2 Å². The molecule has 3 heteroatoms. The average Bonchev–Trinajstić information content (AvgIpc) is 2.32. The van der Waals surface area contributed by atoms with Crippen LogP contribution in [0.4, 0.5) is 5.69 Å². The summed E-state index contributed by atoms with van der Waals surface area (Å²) in [6.45, 7) is 5.46. The number of aryl methyl sites for hydroxylation is 1. The van der Waals surface area contributed by atoms with E-state index in [0.29, 0.717) is 6.61 Å². The minimum absolute atomic E-state index is 0.132. The van der Waals surface area contributed by atoms with E-state index in [1.165, 1.54) is 6.42 Å². The number of nitrogens with one attached hydrogen (secondary N) is 1. The molecule has 3 nitrogen and oxygen atoms in total. The lowest BCUT2D eigenvalue weighted by molar-refractivity contribution is 0.233. The molecule has 0 heterocycles. The topological polar surface area (TPSA) is 45.0 Å². The maximum atomic E-state index is 9.17. The zero-order chi connectivity index (χ0) is 13.0. The highest BCUT2D eigenvalue weighted by molar-refractivity contribution is 5.51. The molecule has 1 N–H and O–H groups in total. The molecule has 18 heavy (non-hydrogen) atoms. The van der Waals surface area contributed by atoms with E-state index < -0.39 is 0 Å². The summed E-state index contributed by atoms with van der Waals surface area (Å²) < 4.78 is 5.51. The highest BCUT2D eigenvalue weighted by Crippen LogP contribution is 2.40. The van der Waals surface area contributed by atoms with Crippen LogP contribution in [-0.2, 0) is 0 Å². The molecule has 96 valence electrons. The van der Waals surface area contributed by atoms with Crippen molar-refractivity contribution in [3.8, 4) is 11.8 Å². The number of rotatable bonds is 5. The summed E-state index contributed by atoms with van der Waals surface area (Å²) in [5.41, 5.74) is 2.06. The Kier molecular flexibility index (Phi) is 3.76. The van der Waals surface area contributed by atoms with Gasteiger partial charge in [-0.3, -0.25) is 0 Å². The fourth-order valence-electron chi connectivity index (χ4n) is 2.28. The Morgan fingerprint density at radius 3 is 2.72 bits per heavy atom. The van der Waals surface area contributed by atoms with Crippen LogP contribution in [0.25, 0.3) is 0 Å². The molecule has 0 amide bonds. The van der Waals surface area contributed by atoms with Gasteiger partial charge in [0.1, 0.15) is 5.75 Å². The highest BCUT2D eigenvalue weighted by Gasteiger charge is 2.36. The van der Waals surface area contributed by atoms with Crippen molar-refractivity contribution in [1.82, 2.24) is 0 Å². The number of ether oxygens (including phenoxy) is 1. The van der Waals surface area contributed by atoms with Crippen molar-refractivity contribution in [2.45, 2.75) is 33.1 Å². The van der Waals surface area contributed by atoms with Crippen molar-refractivity contribution < 1.29 is 4.74 Å². The predicted molar refractivity (Wildman–Crippen MR) is 72.7 cm³/mol. The maximum absolute atomic E-state index is 9.17. The van der Waals surface area contributed by atoms with Crippen LogP contribution in [0, 0.1) is 23.7 Å². The third-order valence-corrected chi connectivity index (χ3v) is 3.65. The van der Waals surface area contributed by atoms with Crippen LogP contribution in [0.2, 0.25) is 0 Å². The molecule has 0 bridgehead atoms. The number of benzene rings is 1. The quantitative estimate of drug-likeness (QED) is 0.862. The van der Waals surface area contributed by atoms with Gasteiger partial charge in [0.15, 0.2) is 0 Å². The molecule has 1 aliphatic carbocycles. The molecular weight excluding hydrogens is 224 g/mol. The van der Waals surface area contributed by atoms with Gasteiger partial charge in [-0.25, -0.2) is 0 Å². The zero-order valence-corrected chi connectivity index (χ0v) is 11.1. The van der Waals surface area contributed by atoms with Gasteiger partial charge in [-0.05, 0) is 50.5 Å². The lowest BCUT2D eigenvalue weighted by Crippen LogP contribution is -2.35. The standard InChI is InChI=1S/C15H20N2O/c1-3-18-14-6-5-13(9-12(14)2)17-11-15(10-16)7-4-8-15/h5-6,9,17H,3-4,7-8,11H2,1-2H3. The lowest BCUT2D eigenvalue weighted by atomic mass is 9.70. The number of hydrogen-bond acceptors (Lipinski definition) is 3. The Morgan fingerprint density at radius 2 is 2.22 bits per heavy atom. The summed E-state index contributed by atoms with van der Waals surface area (Å²) >= 11 is 0. The van der Waals surface area contributed by atoms with Gasteiger partial charge in [-0.1, -0.05) is 6.42 Å². The Morgan fingerprint density at radius 1 is 1.44 bits per heavy atom. The van der Waals surface area contributed by atoms with E-state index in [1.54, 1.807) is 0 Å². The summed E-state index contributed by atoms with van der Waals surface area (Å²) in [5, 5.41) is 12.5. The van der Waals surface area contributed by atoms with Gasteiger partial charge < -0.3 is 10.1 Å². The molecule has 0 aromatic heterocycles. The predicted octanol–water partition coefficient (Wildman–Crippen LogP) is 3.50. The van der Waals surface area contributed by atoms with Crippen molar-refractivity contribution in [3.63, 3.8) is 0 Å². The smallest absolute Gasteiger partial charge is 0.122 e. The Bertz CT molecular complexity index is 458. The first kappa shape index (κ1) is 12.8. The molecule has 0 radical (unpaired) electrons. The molecule has 1 aliphatic rings. The van der Waals surface area contributed by atoms with E-state index in [1.807, 2.05) is 26.0 Å². The third-order valence-electron chi connectivity index (χ3n) is 3.65. The van der Waals surface area contributed by atoms with Crippen molar-refractivity contribution in [2.75, 3.05) is 18.5 Å². The van der Waals surface area contributed by atoms with E-state index in [0.717, 1.165) is 36.4 Å². The van der Waals surface area contributed by atoms with Crippen LogP contribution in [-0.4, -0.2) is 13.2 Å². The molecule has 0 aliphatic heterocycles. The number of nitriles is 1. The Hall–Kier alpha value is -1.69. The largest absolute Gasteiger partial charge is 0.494 e. The minimum Gasteiger partial charge on any atom is -0.494 e. The van der Waals surface area contributed by atoms with E-state index >= 15 is 0 Å². The molecule has 0 saturated heterocycles. The highest BCUT2D eigenvalue weighted by atomic mass is 16.5. The monoisotopic (exact) mass is 244 g/mol. The van der Waals surface area contributed by atoms with Gasteiger partial charge in [0.2, 0.25) is 0 Å². The Labute approximate surface area is 109 Å². The van der Waals surface area contributed by atoms with E-state index in [-0.39, 0.29) is 5.41 Å². The first-order valence-corrected chi connectivity index (χ1v) is 6.58. The number of anilines is 1. The fourth-order valence-corrected chi connectivity index (χ4v) is 2.28. The summed E-state index contributed by atoms with van der Waals surface area (Å²) in [4.78, 5) is 0. The van der Waals surface area contributed by atoms with Crippen LogP contribution in [0.3, 0.4) is 0 Å². The molecule has 2 rings (SSSR count). The average molecular weight is 244 g/mol. The van der Waals surface area contributed by atoms with Crippen LogP contribution >= 0.6 is 0 Å². The van der Waals surface area contributed by atoms with Crippen molar-refractivity contribution in [2.24, 2.45) is 5.41 Å². The van der Waals surface area contributed by atoms with Gasteiger partial charge in [-0.15, -0.1) is 0 Å². The van der Waals surface area contributed by atoms with Gasteiger partial charge >= 0.3 is 0 Å². The van der Waals surface area contributed by atoms with E-state index in [9.17, 15) is 5.26 Å². The second kappa shape index (κ2) is 5.30.